The van der Waals surface area contributed by atoms with Gasteiger partial charge in [0.2, 0.25) is 5.88 Å². The average Bonchev–Trinajstić information content (AvgIpc) is 2.41. The molecule has 106 valence electrons. The summed E-state index contributed by atoms with van der Waals surface area (Å²) in [7, 11) is 0. The van der Waals surface area contributed by atoms with Crippen LogP contribution in [-0.4, -0.2) is 9.97 Å². The Labute approximate surface area is 132 Å². The van der Waals surface area contributed by atoms with Crippen molar-refractivity contribution in [3.05, 3.63) is 44.8 Å². The molecule has 0 aliphatic rings. The van der Waals surface area contributed by atoms with Crippen LogP contribution in [-0.2, 0) is 6.42 Å². The van der Waals surface area contributed by atoms with Gasteiger partial charge in [0.05, 0.1) is 5.02 Å². The fourth-order valence-electron chi connectivity index (χ4n) is 1.61. The number of hydrogen-bond donors (Lipinski definition) is 0. The zero-order valence-electron chi connectivity index (χ0n) is 11.1. The molecular formula is C14H13Cl3N2O. The number of halogens is 3. The second-order valence-electron chi connectivity index (χ2n) is 4.26. The molecule has 2 rings (SSSR count). The SMILES string of the molecule is CCCc1nc(Cl)c(C)c(Oc2cccc(Cl)c2Cl)n1. The summed E-state index contributed by atoms with van der Waals surface area (Å²) in [6.45, 7) is 3.84. The molecule has 1 aromatic heterocycles. The normalized spacial score (nSPS) is 10.7. The molecule has 0 atom stereocenters. The molecule has 0 saturated heterocycles. The van der Waals surface area contributed by atoms with E-state index in [-0.39, 0.29) is 0 Å². The van der Waals surface area contributed by atoms with Gasteiger partial charge in [-0.2, -0.15) is 4.98 Å². The highest BCUT2D eigenvalue weighted by Crippen LogP contribution is 2.35. The van der Waals surface area contributed by atoms with E-state index < -0.39 is 0 Å². The first-order valence-electron chi connectivity index (χ1n) is 6.17. The Hall–Kier alpha value is -1.03. The molecule has 1 heterocycles. The van der Waals surface area contributed by atoms with Crippen molar-refractivity contribution in [2.45, 2.75) is 26.7 Å². The van der Waals surface area contributed by atoms with Gasteiger partial charge in [0, 0.05) is 12.0 Å². The molecule has 0 amide bonds. The molecule has 0 aliphatic heterocycles. The summed E-state index contributed by atoms with van der Waals surface area (Å²) in [5.41, 5.74) is 0.669. The summed E-state index contributed by atoms with van der Waals surface area (Å²) in [5, 5.41) is 1.16. The summed E-state index contributed by atoms with van der Waals surface area (Å²) in [6.07, 6.45) is 1.66. The third kappa shape index (κ3) is 3.35. The van der Waals surface area contributed by atoms with Crippen LogP contribution in [0.4, 0.5) is 0 Å². The minimum absolute atomic E-state index is 0.348. The van der Waals surface area contributed by atoms with Gasteiger partial charge in [-0.1, -0.05) is 47.8 Å². The molecule has 1 aromatic carbocycles. The minimum atomic E-state index is 0.348. The molecule has 3 nitrogen and oxygen atoms in total. The van der Waals surface area contributed by atoms with E-state index >= 15 is 0 Å². The molecule has 0 radical (unpaired) electrons. The highest BCUT2D eigenvalue weighted by Gasteiger charge is 2.13. The van der Waals surface area contributed by atoms with Crippen molar-refractivity contribution in [2.24, 2.45) is 0 Å². The Balaban J connectivity index is 2.39. The lowest BCUT2D eigenvalue weighted by Gasteiger charge is -2.11. The zero-order valence-corrected chi connectivity index (χ0v) is 13.4. The number of aromatic nitrogens is 2. The summed E-state index contributed by atoms with van der Waals surface area (Å²) >= 11 is 18.2. The number of rotatable bonds is 4. The van der Waals surface area contributed by atoms with Gasteiger partial charge >= 0.3 is 0 Å². The van der Waals surface area contributed by atoms with Gasteiger partial charge in [0.25, 0.3) is 0 Å². The number of benzene rings is 1. The van der Waals surface area contributed by atoms with Gasteiger partial charge in [-0.25, -0.2) is 4.98 Å². The molecule has 0 saturated carbocycles. The fourth-order valence-corrected chi connectivity index (χ4v) is 2.12. The van der Waals surface area contributed by atoms with Gasteiger partial charge in [-0.15, -0.1) is 0 Å². The topological polar surface area (TPSA) is 35.0 Å². The molecule has 0 unspecified atom stereocenters. The number of nitrogens with zero attached hydrogens (tertiary/aromatic N) is 2. The monoisotopic (exact) mass is 330 g/mol. The molecule has 6 heteroatoms. The van der Waals surface area contributed by atoms with E-state index in [1.165, 1.54) is 0 Å². The van der Waals surface area contributed by atoms with Gasteiger partial charge < -0.3 is 4.74 Å². The molecule has 0 fully saturated rings. The van der Waals surface area contributed by atoms with E-state index in [2.05, 4.69) is 9.97 Å². The van der Waals surface area contributed by atoms with E-state index in [9.17, 15) is 0 Å². The van der Waals surface area contributed by atoms with Crippen molar-refractivity contribution in [3.63, 3.8) is 0 Å². The van der Waals surface area contributed by atoms with Gasteiger partial charge in [-0.3, -0.25) is 0 Å². The van der Waals surface area contributed by atoms with Crippen LogP contribution in [0.25, 0.3) is 0 Å². The first-order valence-corrected chi connectivity index (χ1v) is 7.31. The highest BCUT2D eigenvalue weighted by molar-refractivity contribution is 6.42. The zero-order chi connectivity index (χ0) is 14.7. The Kier molecular flexibility index (Phi) is 5.08. The summed E-state index contributed by atoms with van der Waals surface area (Å²) in [6, 6.07) is 5.18. The van der Waals surface area contributed by atoms with Crippen LogP contribution in [0, 0.1) is 6.92 Å². The molecule has 0 N–H and O–H groups in total. The van der Waals surface area contributed by atoms with Crippen LogP contribution in [0.15, 0.2) is 18.2 Å². The van der Waals surface area contributed by atoms with Crippen molar-refractivity contribution in [3.8, 4) is 11.6 Å². The van der Waals surface area contributed by atoms with Crippen LogP contribution < -0.4 is 4.74 Å². The van der Waals surface area contributed by atoms with E-state index in [0.717, 1.165) is 12.8 Å². The summed E-state index contributed by atoms with van der Waals surface area (Å²) < 4.78 is 5.74. The van der Waals surface area contributed by atoms with Crippen LogP contribution >= 0.6 is 34.8 Å². The van der Waals surface area contributed by atoms with E-state index in [4.69, 9.17) is 39.5 Å². The predicted octanol–water partition coefficient (Wildman–Crippen LogP) is 5.49. The summed E-state index contributed by atoms with van der Waals surface area (Å²) in [5.74, 6) is 1.49. The molecule has 0 spiro atoms. The maximum absolute atomic E-state index is 6.10. The van der Waals surface area contributed by atoms with Crippen LogP contribution in [0.3, 0.4) is 0 Å². The smallest absolute Gasteiger partial charge is 0.227 e. The van der Waals surface area contributed by atoms with Gasteiger partial charge in [0.1, 0.15) is 21.7 Å². The second-order valence-corrected chi connectivity index (χ2v) is 5.41. The number of ether oxygens (including phenoxy) is 1. The van der Waals surface area contributed by atoms with E-state index in [1.807, 2.05) is 6.92 Å². The van der Waals surface area contributed by atoms with Gasteiger partial charge in [0.15, 0.2) is 0 Å². The van der Waals surface area contributed by atoms with Crippen LogP contribution in [0.5, 0.6) is 11.6 Å². The molecule has 0 bridgehead atoms. The quantitative estimate of drug-likeness (QED) is 0.695. The second kappa shape index (κ2) is 6.61. The Morgan fingerprint density at radius 3 is 2.60 bits per heavy atom. The Morgan fingerprint density at radius 2 is 1.90 bits per heavy atom. The van der Waals surface area contributed by atoms with Crippen molar-refractivity contribution in [1.29, 1.82) is 0 Å². The molecular weight excluding hydrogens is 319 g/mol. The van der Waals surface area contributed by atoms with Crippen LogP contribution in [0.2, 0.25) is 15.2 Å². The van der Waals surface area contributed by atoms with E-state index in [1.54, 1.807) is 25.1 Å². The van der Waals surface area contributed by atoms with Crippen molar-refractivity contribution in [2.75, 3.05) is 0 Å². The molecule has 0 aliphatic carbocycles. The highest BCUT2D eigenvalue weighted by atomic mass is 35.5. The standard InChI is InChI=1S/C14H13Cl3N2O/c1-3-5-11-18-13(17)8(2)14(19-11)20-10-7-4-6-9(15)12(10)16/h4,6-7H,3,5H2,1-2H3. The van der Waals surface area contributed by atoms with Gasteiger partial charge in [-0.05, 0) is 25.5 Å². The lowest BCUT2D eigenvalue weighted by Crippen LogP contribution is -2.01. The Morgan fingerprint density at radius 1 is 1.15 bits per heavy atom. The van der Waals surface area contributed by atoms with Crippen molar-refractivity contribution in [1.82, 2.24) is 9.97 Å². The lowest BCUT2D eigenvalue weighted by atomic mass is 10.3. The lowest BCUT2D eigenvalue weighted by molar-refractivity contribution is 0.454. The molecule has 20 heavy (non-hydrogen) atoms. The molecule has 2 aromatic rings. The Bertz CT molecular complexity index is 632. The number of hydrogen-bond acceptors (Lipinski definition) is 3. The fraction of sp³-hybridized carbons (Fsp3) is 0.286. The largest absolute Gasteiger partial charge is 0.437 e. The third-order valence-electron chi connectivity index (χ3n) is 2.68. The maximum atomic E-state index is 6.10. The average molecular weight is 332 g/mol. The first-order chi connectivity index (χ1) is 9.52. The minimum Gasteiger partial charge on any atom is -0.437 e. The predicted molar refractivity (Wildman–Crippen MR) is 82.3 cm³/mol. The first kappa shape index (κ1) is 15.4. The van der Waals surface area contributed by atoms with Crippen molar-refractivity contribution >= 4 is 34.8 Å². The third-order valence-corrected chi connectivity index (χ3v) is 3.85. The van der Waals surface area contributed by atoms with Crippen LogP contribution in [0.1, 0.15) is 24.7 Å². The summed E-state index contributed by atoms with van der Waals surface area (Å²) in [4.78, 5) is 8.59. The van der Waals surface area contributed by atoms with E-state index in [0.29, 0.717) is 38.2 Å². The van der Waals surface area contributed by atoms with Crippen molar-refractivity contribution < 1.29 is 4.74 Å². The number of aryl methyl sites for hydroxylation is 1. The maximum Gasteiger partial charge on any atom is 0.227 e.